The first-order chi connectivity index (χ1) is 8.15. The normalized spacial score (nSPS) is 10.8. The lowest BCUT2D eigenvalue weighted by atomic mass is 10.2. The largest absolute Gasteiger partial charge is 0.445 e. The molecule has 0 radical (unpaired) electrons. The zero-order valence-corrected chi connectivity index (χ0v) is 10.9. The highest BCUT2D eigenvalue weighted by Crippen LogP contribution is 2.17. The molecule has 0 aliphatic heterocycles. The summed E-state index contributed by atoms with van der Waals surface area (Å²) in [7, 11) is 0. The van der Waals surface area contributed by atoms with Crippen LogP contribution in [0.25, 0.3) is 0 Å². The quantitative estimate of drug-likeness (QED) is 0.942. The first-order valence-corrected chi connectivity index (χ1v) is 6.00. The van der Waals surface area contributed by atoms with Crippen molar-refractivity contribution in [1.82, 2.24) is 10.3 Å². The van der Waals surface area contributed by atoms with Crippen LogP contribution in [0, 0.1) is 12.7 Å². The second kappa shape index (κ2) is 5.42. The highest BCUT2D eigenvalue weighted by Gasteiger charge is 2.03. The van der Waals surface area contributed by atoms with E-state index in [-0.39, 0.29) is 5.82 Å². The Morgan fingerprint density at radius 2 is 2.24 bits per heavy atom. The van der Waals surface area contributed by atoms with Gasteiger partial charge in [0.25, 0.3) is 0 Å². The molecule has 0 amide bonds. The minimum atomic E-state index is -0.239. The molecular weight excluding hydrogens is 287 g/mol. The van der Waals surface area contributed by atoms with Gasteiger partial charge in [-0.05, 0) is 30.7 Å². The monoisotopic (exact) mass is 298 g/mol. The predicted molar refractivity (Wildman–Crippen MR) is 65.9 cm³/mol. The van der Waals surface area contributed by atoms with Crippen LogP contribution in [-0.4, -0.2) is 4.98 Å². The van der Waals surface area contributed by atoms with E-state index in [2.05, 4.69) is 26.2 Å². The Morgan fingerprint density at radius 3 is 2.94 bits per heavy atom. The number of rotatable bonds is 4. The van der Waals surface area contributed by atoms with Crippen molar-refractivity contribution in [2.45, 2.75) is 20.0 Å². The third kappa shape index (κ3) is 3.38. The highest BCUT2D eigenvalue weighted by atomic mass is 79.9. The molecule has 3 nitrogen and oxygen atoms in total. The topological polar surface area (TPSA) is 38.1 Å². The molecule has 5 heteroatoms. The molecule has 90 valence electrons. The fourth-order valence-corrected chi connectivity index (χ4v) is 1.85. The Morgan fingerprint density at radius 1 is 1.41 bits per heavy atom. The number of aryl methyl sites for hydroxylation is 1. The van der Waals surface area contributed by atoms with E-state index in [1.54, 1.807) is 12.3 Å². The zero-order valence-electron chi connectivity index (χ0n) is 9.34. The third-order valence-electron chi connectivity index (χ3n) is 2.27. The molecule has 0 saturated carbocycles. The fourth-order valence-electron chi connectivity index (χ4n) is 1.47. The van der Waals surface area contributed by atoms with Crippen LogP contribution in [0.5, 0.6) is 0 Å². The van der Waals surface area contributed by atoms with Crippen LogP contribution >= 0.6 is 15.9 Å². The number of oxazole rings is 1. The van der Waals surface area contributed by atoms with E-state index in [1.807, 2.05) is 6.92 Å². The van der Waals surface area contributed by atoms with Crippen molar-refractivity contribution in [2.24, 2.45) is 0 Å². The molecule has 0 spiro atoms. The van der Waals surface area contributed by atoms with Gasteiger partial charge >= 0.3 is 0 Å². The van der Waals surface area contributed by atoms with Crippen LogP contribution in [0.3, 0.4) is 0 Å². The van der Waals surface area contributed by atoms with E-state index in [1.165, 1.54) is 12.1 Å². The van der Waals surface area contributed by atoms with Crippen LogP contribution in [-0.2, 0) is 13.1 Å². The van der Waals surface area contributed by atoms with Gasteiger partial charge in [0.05, 0.1) is 12.7 Å². The van der Waals surface area contributed by atoms with Crippen molar-refractivity contribution in [3.63, 3.8) is 0 Å². The predicted octanol–water partition coefficient (Wildman–Crippen LogP) is 3.17. The number of hydrogen-bond donors (Lipinski definition) is 1. The van der Waals surface area contributed by atoms with E-state index < -0.39 is 0 Å². The van der Waals surface area contributed by atoms with Gasteiger partial charge in [-0.2, -0.15) is 0 Å². The fraction of sp³-hybridized carbons (Fsp3) is 0.250. The molecule has 0 bridgehead atoms. The molecular formula is C12H12BrFN2O. The van der Waals surface area contributed by atoms with Gasteiger partial charge in [-0.3, -0.25) is 0 Å². The average Bonchev–Trinajstić information content (AvgIpc) is 2.69. The number of hydrogen-bond acceptors (Lipinski definition) is 3. The number of nitrogens with zero attached hydrogens (tertiary/aromatic N) is 1. The summed E-state index contributed by atoms with van der Waals surface area (Å²) in [5.41, 5.74) is 0.869. The van der Waals surface area contributed by atoms with Gasteiger partial charge in [0.2, 0.25) is 5.89 Å². The second-order valence-corrected chi connectivity index (χ2v) is 4.56. The lowest BCUT2D eigenvalue weighted by molar-refractivity contribution is 0.449. The number of halogens is 2. The molecule has 0 atom stereocenters. The van der Waals surface area contributed by atoms with Crippen LogP contribution in [0.1, 0.15) is 17.2 Å². The van der Waals surface area contributed by atoms with E-state index in [4.69, 9.17) is 4.42 Å². The molecule has 0 fully saturated rings. The highest BCUT2D eigenvalue weighted by molar-refractivity contribution is 9.10. The Balaban J connectivity index is 1.91. The third-order valence-corrected chi connectivity index (χ3v) is 3.04. The van der Waals surface area contributed by atoms with Crippen molar-refractivity contribution in [3.8, 4) is 0 Å². The van der Waals surface area contributed by atoms with Gasteiger partial charge in [0, 0.05) is 11.0 Å². The Hall–Kier alpha value is -1.20. The van der Waals surface area contributed by atoms with Crippen LogP contribution in [0.4, 0.5) is 4.39 Å². The number of aromatic nitrogens is 1. The van der Waals surface area contributed by atoms with Gasteiger partial charge in [0.1, 0.15) is 11.6 Å². The number of nitrogens with one attached hydrogen (secondary N) is 1. The van der Waals surface area contributed by atoms with Gasteiger partial charge in [-0.1, -0.05) is 15.9 Å². The number of benzene rings is 1. The van der Waals surface area contributed by atoms with Crippen molar-refractivity contribution in [2.75, 3.05) is 0 Å². The van der Waals surface area contributed by atoms with Crippen LogP contribution < -0.4 is 5.32 Å². The van der Waals surface area contributed by atoms with Crippen molar-refractivity contribution in [3.05, 3.63) is 51.9 Å². The standard InChI is InChI=1S/C12H12BrFN2O/c1-8-5-16-12(17-8)7-15-6-9-4-10(14)2-3-11(9)13/h2-5,15H,6-7H2,1H3. The molecule has 1 aromatic carbocycles. The molecule has 0 aliphatic rings. The molecule has 1 N–H and O–H groups in total. The molecule has 1 aromatic heterocycles. The maximum absolute atomic E-state index is 13.0. The smallest absolute Gasteiger partial charge is 0.208 e. The van der Waals surface area contributed by atoms with Crippen molar-refractivity contribution in [1.29, 1.82) is 0 Å². The lowest BCUT2D eigenvalue weighted by Gasteiger charge is -2.05. The van der Waals surface area contributed by atoms with Gasteiger partial charge in [0.15, 0.2) is 0 Å². The van der Waals surface area contributed by atoms with Gasteiger partial charge in [-0.25, -0.2) is 9.37 Å². The maximum Gasteiger partial charge on any atom is 0.208 e. The molecule has 1 heterocycles. The minimum absolute atomic E-state index is 0.239. The zero-order chi connectivity index (χ0) is 12.3. The van der Waals surface area contributed by atoms with E-state index in [0.29, 0.717) is 19.0 Å². The Labute approximate surface area is 107 Å². The SMILES string of the molecule is Cc1cnc(CNCc2cc(F)ccc2Br)o1. The summed E-state index contributed by atoms with van der Waals surface area (Å²) in [6.45, 7) is 2.93. The van der Waals surface area contributed by atoms with Crippen LogP contribution in [0.15, 0.2) is 33.3 Å². The lowest BCUT2D eigenvalue weighted by Crippen LogP contribution is -2.13. The van der Waals surface area contributed by atoms with Gasteiger partial charge in [-0.15, -0.1) is 0 Å². The molecule has 0 unspecified atom stereocenters. The van der Waals surface area contributed by atoms with Crippen LogP contribution in [0.2, 0.25) is 0 Å². The Bertz CT molecular complexity index is 513. The average molecular weight is 299 g/mol. The van der Waals surface area contributed by atoms with E-state index in [0.717, 1.165) is 15.8 Å². The Kier molecular flexibility index (Phi) is 3.91. The first kappa shape index (κ1) is 12.3. The van der Waals surface area contributed by atoms with E-state index >= 15 is 0 Å². The molecule has 2 rings (SSSR count). The summed E-state index contributed by atoms with van der Waals surface area (Å²) in [5.74, 6) is 1.18. The summed E-state index contributed by atoms with van der Waals surface area (Å²) in [4.78, 5) is 4.07. The van der Waals surface area contributed by atoms with E-state index in [9.17, 15) is 4.39 Å². The molecule has 17 heavy (non-hydrogen) atoms. The van der Waals surface area contributed by atoms with Gasteiger partial charge < -0.3 is 9.73 Å². The summed E-state index contributed by atoms with van der Waals surface area (Å²) >= 11 is 3.38. The molecule has 0 saturated heterocycles. The second-order valence-electron chi connectivity index (χ2n) is 3.70. The molecule has 2 aromatic rings. The minimum Gasteiger partial charge on any atom is -0.445 e. The maximum atomic E-state index is 13.0. The molecule has 0 aliphatic carbocycles. The summed E-state index contributed by atoms with van der Waals surface area (Å²) in [6.07, 6.45) is 1.68. The summed E-state index contributed by atoms with van der Waals surface area (Å²) < 4.78 is 19.2. The van der Waals surface area contributed by atoms with Crippen molar-refractivity contribution >= 4 is 15.9 Å². The first-order valence-electron chi connectivity index (χ1n) is 5.21. The summed E-state index contributed by atoms with van der Waals surface area (Å²) in [6, 6.07) is 4.62. The van der Waals surface area contributed by atoms with Crippen molar-refractivity contribution < 1.29 is 8.81 Å². The summed E-state index contributed by atoms with van der Waals surface area (Å²) in [5, 5.41) is 3.15.